The van der Waals surface area contributed by atoms with Gasteiger partial charge < -0.3 is 10.0 Å². The molecule has 0 spiro atoms. The van der Waals surface area contributed by atoms with Crippen LogP contribution in [-0.2, 0) is 14.6 Å². The van der Waals surface area contributed by atoms with E-state index in [4.69, 9.17) is 5.11 Å². The van der Waals surface area contributed by atoms with Crippen LogP contribution in [0.3, 0.4) is 0 Å². The minimum Gasteiger partial charge on any atom is -0.480 e. The number of carbonyl (C=O) groups excluding carboxylic acids is 1. The minimum atomic E-state index is -3.19. The Labute approximate surface area is 123 Å². The lowest BCUT2D eigenvalue weighted by atomic mass is 10.1. The van der Waals surface area contributed by atoms with Crippen LogP contribution < -0.4 is 0 Å². The molecule has 1 aromatic rings. The van der Waals surface area contributed by atoms with Gasteiger partial charge >= 0.3 is 5.97 Å². The van der Waals surface area contributed by atoms with Gasteiger partial charge in [-0.2, -0.15) is 0 Å². The molecule has 0 radical (unpaired) electrons. The van der Waals surface area contributed by atoms with Crippen molar-refractivity contribution in [1.29, 1.82) is 0 Å². The summed E-state index contributed by atoms with van der Waals surface area (Å²) in [5, 5.41) is 8.98. The SMILES string of the molecule is Cc1cccc(C(=O)N(CC(=O)O)C2CCS(=O)(=O)C2)c1. The second-order valence-corrected chi connectivity index (χ2v) is 7.48. The van der Waals surface area contributed by atoms with E-state index in [0.29, 0.717) is 5.56 Å². The number of amides is 1. The number of carboxylic acids is 1. The average Bonchev–Trinajstić information content (AvgIpc) is 2.75. The fourth-order valence-corrected chi connectivity index (χ4v) is 4.21. The molecular formula is C14H17NO5S. The van der Waals surface area contributed by atoms with E-state index in [1.165, 1.54) is 0 Å². The minimum absolute atomic E-state index is 0.00508. The lowest BCUT2D eigenvalue weighted by Crippen LogP contribution is -2.44. The van der Waals surface area contributed by atoms with Gasteiger partial charge in [-0.05, 0) is 25.5 Å². The van der Waals surface area contributed by atoms with Gasteiger partial charge in [-0.25, -0.2) is 8.42 Å². The van der Waals surface area contributed by atoms with Crippen molar-refractivity contribution in [2.45, 2.75) is 19.4 Å². The third-order valence-electron chi connectivity index (χ3n) is 3.48. The van der Waals surface area contributed by atoms with Crippen LogP contribution in [0.15, 0.2) is 24.3 Å². The number of aliphatic carboxylic acids is 1. The first-order valence-corrected chi connectivity index (χ1v) is 8.40. The molecule has 0 bridgehead atoms. The van der Waals surface area contributed by atoms with Gasteiger partial charge in [0.15, 0.2) is 9.84 Å². The van der Waals surface area contributed by atoms with E-state index in [0.717, 1.165) is 10.5 Å². The van der Waals surface area contributed by atoms with Crippen LogP contribution in [-0.4, -0.2) is 54.4 Å². The lowest BCUT2D eigenvalue weighted by Gasteiger charge is -2.26. The standard InChI is InChI=1S/C14H17NO5S/c1-10-3-2-4-11(7-10)14(18)15(8-13(16)17)12-5-6-21(19,20)9-12/h2-4,7,12H,5-6,8-9H2,1H3,(H,16,17). The fraction of sp³-hybridized carbons (Fsp3) is 0.429. The molecule has 1 aliphatic heterocycles. The van der Waals surface area contributed by atoms with Gasteiger partial charge in [0, 0.05) is 11.6 Å². The molecule has 114 valence electrons. The summed E-state index contributed by atoms with van der Waals surface area (Å²) < 4.78 is 23.1. The number of hydrogen-bond acceptors (Lipinski definition) is 4. The maximum Gasteiger partial charge on any atom is 0.323 e. The van der Waals surface area contributed by atoms with E-state index in [1.807, 2.05) is 13.0 Å². The van der Waals surface area contributed by atoms with Gasteiger partial charge in [0.05, 0.1) is 11.5 Å². The Morgan fingerprint density at radius 3 is 2.62 bits per heavy atom. The van der Waals surface area contributed by atoms with E-state index in [-0.39, 0.29) is 17.9 Å². The molecule has 1 fully saturated rings. The maximum absolute atomic E-state index is 12.5. The number of nitrogens with zero attached hydrogens (tertiary/aromatic N) is 1. The molecular weight excluding hydrogens is 294 g/mol. The Kier molecular flexibility index (Phi) is 4.32. The Bertz CT molecular complexity index is 668. The molecule has 7 heteroatoms. The third kappa shape index (κ3) is 3.81. The second kappa shape index (κ2) is 5.85. The molecule has 1 saturated heterocycles. The topological polar surface area (TPSA) is 91.8 Å². The zero-order chi connectivity index (χ0) is 15.6. The molecule has 0 saturated carbocycles. The van der Waals surface area contributed by atoms with Crippen molar-refractivity contribution in [2.24, 2.45) is 0 Å². The Balaban J connectivity index is 2.28. The number of benzene rings is 1. The molecule has 0 aromatic heterocycles. The predicted octanol–water partition coefficient (Wildman–Crippen LogP) is 0.709. The summed E-state index contributed by atoms with van der Waals surface area (Å²) in [4.78, 5) is 24.6. The quantitative estimate of drug-likeness (QED) is 0.884. The van der Waals surface area contributed by atoms with Crippen molar-refractivity contribution in [1.82, 2.24) is 4.90 Å². The van der Waals surface area contributed by atoms with Gasteiger partial charge in [-0.3, -0.25) is 9.59 Å². The van der Waals surface area contributed by atoms with Crippen LogP contribution in [0.1, 0.15) is 22.3 Å². The molecule has 1 N–H and O–H groups in total. The maximum atomic E-state index is 12.5. The summed E-state index contributed by atoms with van der Waals surface area (Å²) in [6.07, 6.45) is 0.285. The first-order valence-electron chi connectivity index (χ1n) is 6.58. The third-order valence-corrected chi connectivity index (χ3v) is 5.23. The normalized spacial score (nSPS) is 20.1. The first-order chi connectivity index (χ1) is 9.78. The van der Waals surface area contributed by atoms with Crippen molar-refractivity contribution in [3.05, 3.63) is 35.4 Å². The number of hydrogen-bond donors (Lipinski definition) is 1. The van der Waals surface area contributed by atoms with Crippen LogP contribution in [0.4, 0.5) is 0 Å². The summed E-state index contributed by atoms with van der Waals surface area (Å²) >= 11 is 0. The van der Waals surface area contributed by atoms with Crippen molar-refractivity contribution in [3.63, 3.8) is 0 Å². The monoisotopic (exact) mass is 311 g/mol. The van der Waals surface area contributed by atoms with Gasteiger partial charge in [-0.15, -0.1) is 0 Å². The number of sulfone groups is 1. The molecule has 6 nitrogen and oxygen atoms in total. The van der Waals surface area contributed by atoms with E-state index in [1.54, 1.807) is 18.2 Å². The highest BCUT2D eigenvalue weighted by Gasteiger charge is 2.35. The zero-order valence-corrected chi connectivity index (χ0v) is 12.5. The second-order valence-electron chi connectivity index (χ2n) is 5.25. The van der Waals surface area contributed by atoms with E-state index < -0.39 is 34.3 Å². The average molecular weight is 311 g/mol. The summed E-state index contributed by atoms with van der Waals surface area (Å²) in [6.45, 7) is 1.34. The summed E-state index contributed by atoms with van der Waals surface area (Å²) in [6, 6.07) is 6.25. The molecule has 1 unspecified atom stereocenters. The molecule has 1 atom stereocenters. The number of carbonyl (C=O) groups is 2. The van der Waals surface area contributed by atoms with E-state index in [2.05, 4.69) is 0 Å². The molecule has 1 aromatic carbocycles. The van der Waals surface area contributed by atoms with Gasteiger partial charge in [0.2, 0.25) is 0 Å². The van der Waals surface area contributed by atoms with Crippen LogP contribution in [0.5, 0.6) is 0 Å². The van der Waals surface area contributed by atoms with Crippen LogP contribution in [0.2, 0.25) is 0 Å². The van der Waals surface area contributed by atoms with Crippen molar-refractivity contribution in [3.8, 4) is 0 Å². The van der Waals surface area contributed by atoms with E-state index in [9.17, 15) is 18.0 Å². The van der Waals surface area contributed by atoms with Crippen molar-refractivity contribution < 1.29 is 23.1 Å². The fourth-order valence-electron chi connectivity index (χ4n) is 2.48. The number of carboxylic acid groups (broad SMARTS) is 1. The van der Waals surface area contributed by atoms with E-state index >= 15 is 0 Å². The molecule has 21 heavy (non-hydrogen) atoms. The summed E-state index contributed by atoms with van der Waals surface area (Å²) in [7, 11) is -3.19. The summed E-state index contributed by atoms with van der Waals surface area (Å²) in [5.41, 5.74) is 1.26. The Morgan fingerprint density at radius 2 is 2.10 bits per heavy atom. The number of aryl methyl sites for hydroxylation is 1. The lowest BCUT2D eigenvalue weighted by molar-refractivity contribution is -0.138. The van der Waals surface area contributed by atoms with Crippen LogP contribution in [0.25, 0.3) is 0 Å². The van der Waals surface area contributed by atoms with Gasteiger partial charge in [-0.1, -0.05) is 17.7 Å². The molecule has 1 heterocycles. The van der Waals surface area contributed by atoms with Crippen LogP contribution in [0, 0.1) is 6.92 Å². The largest absolute Gasteiger partial charge is 0.480 e. The highest BCUT2D eigenvalue weighted by molar-refractivity contribution is 7.91. The molecule has 1 aliphatic rings. The highest BCUT2D eigenvalue weighted by Crippen LogP contribution is 2.20. The predicted molar refractivity (Wildman–Crippen MR) is 76.9 cm³/mol. The first kappa shape index (κ1) is 15.5. The Hall–Kier alpha value is -1.89. The molecule has 1 amide bonds. The van der Waals surface area contributed by atoms with Crippen molar-refractivity contribution in [2.75, 3.05) is 18.1 Å². The van der Waals surface area contributed by atoms with Gasteiger partial charge in [0.25, 0.3) is 5.91 Å². The number of rotatable bonds is 4. The Morgan fingerprint density at radius 1 is 1.38 bits per heavy atom. The van der Waals surface area contributed by atoms with Crippen LogP contribution >= 0.6 is 0 Å². The summed E-state index contributed by atoms with van der Waals surface area (Å²) in [5.74, 6) is -1.77. The zero-order valence-electron chi connectivity index (χ0n) is 11.7. The smallest absolute Gasteiger partial charge is 0.323 e. The molecule has 2 rings (SSSR count). The highest BCUT2D eigenvalue weighted by atomic mass is 32.2. The van der Waals surface area contributed by atoms with Crippen molar-refractivity contribution >= 4 is 21.7 Å². The molecule has 0 aliphatic carbocycles. The van der Waals surface area contributed by atoms with Gasteiger partial charge in [0.1, 0.15) is 6.54 Å².